The average molecular weight is 139 g/mol. The summed E-state index contributed by atoms with van der Waals surface area (Å²) in [4.78, 5) is 12.4. The van der Waals surface area contributed by atoms with Gasteiger partial charge in [0.05, 0.1) is 0 Å². The van der Waals surface area contributed by atoms with Crippen LogP contribution in [-0.4, -0.2) is 28.6 Å². The first kappa shape index (κ1) is 5.77. The largest absolute Gasteiger partial charge is 0.477 e. The zero-order valence-corrected chi connectivity index (χ0v) is 5.58. The van der Waals surface area contributed by atoms with E-state index in [0.717, 1.165) is 19.4 Å². The van der Waals surface area contributed by atoms with Gasteiger partial charge in [-0.25, -0.2) is 4.79 Å². The molecule has 2 heterocycles. The predicted molar refractivity (Wildman–Crippen MR) is 35.4 cm³/mol. The summed E-state index contributed by atoms with van der Waals surface area (Å²) in [6.07, 6.45) is 3.91. The van der Waals surface area contributed by atoms with Gasteiger partial charge in [-0.15, -0.1) is 0 Å². The molecule has 0 bridgehead atoms. The monoisotopic (exact) mass is 139 g/mol. The fourth-order valence-corrected chi connectivity index (χ4v) is 1.58. The van der Waals surface area contributed by atoms with E-state index in [-0.39, 0.29) is 0 Å². The van der Waals surface area contributed by atoms with Gasteiger partial charge >= 0.3 is 5.97 Å². The topological polar surface area (TPSA) is 40.5 Å². The molecule has 3 heteroatoms. The van der Waals surface area contributed by atoms with Crippen molar-refractivity contribution in [3.63, 3.8) is 0 Å². The van der Waals surface area contributed by atoms with Crippen molar-refractivity contribution >= 4 is 5.97 Å². The van der Waals surface area contributed by atoms with Gasteiger partial charge in [-0.2, -0.15) is 0 Å². The first-order valence-electron chi connectivity index (χ1n) is 3.49. The molecule has 1 atom stereocenters. The summed E-state index contributed by atoms with van der Waals surface area (Å²) in [5.74, 6) is -0.776. The molecule has 0 unspecified atom stereocenters. The maximum Gasteiger partial charge on any atom is 0.351 e. The number of aliphatic carboxylic acids is 1. The van der Waals surface area contributed by atoms with E-state index in [9.17, 15) is 4.79 Å². The van der Waals surface area contributed by atoms with E-state index in [1.807, 2.05) is 11.0 Å². The third-order valence-corrected chi connectivity index (χ3v) is 2.26. The van der Waals surface area contributed by atoms with Crippen molar-refractivity contribution in [2.75, 3.05) is 6.54 Å². The SMILES string of the molecule is O=C(O)C1=CC[C@H]2CCN12. The number of carboxylic acid groups (broad SMARTS) is 1. The minimum absolute atomic E-state index is 0.510. The van der Waals surface area contributed by atoms with E-state index < -0.39 is 5.97 Å². The van der Waals surface area contributed by atoms with Crippen molar-refractivity contribution in [2.24, 2.45) is 0 Å². The van der Waals surface area contributed by atoms with E-state index in [1.54, 1.807) is 0 Å². The lowest BCUT2D eigenvalue weighted by molar-refractivity contribution is -0.135. The molecule has 1 saturated heterocycles. The molecule has 1 fully saturated rings. The van der Waals surface area contributed by atoms with Gasteiger partial charge in [0.1, 0.15) is 5.70 Å². The number of carbonyl (C=O) groups is 1. The molecule has 2 aliphatic heterocycles. The van der Waals surface area contributed by atoms with Crippen LogP contribution in [0.5, 0.6) is 0 Å². The van der Waals surface area contributed by atoms with Crippen LogP contribution in [0.4, 0.5) is 0 Å². The van der Waals surface area contributed by atoms with Crippen molar-refractivity contribution in [1.29, 1.82) is 0 Å². The van der Waals surface area contributed by atoms with Crippen LogP contribution in [0.3, 0.4) is 0 Å². The quantitative estimate of drug-likeness (QED) is 0.572. The lowest BCUT2D eigenvalue weighted by Gasteiger charge is -2.37. The summed E-state index contributed by atoms with van der Waals surface area (Å²) in [5.41, 5.74) is 0.510. The normalized spacial score (nSPS) is 29.0. The molecule has 0 saturated carbocycles. The van der Waals surface area contributed by atoms with Crippen molar-refractivity contribution in [3.8, 4) is 0 Å². The number of hydrogen-bond acceptors (Lipinski definition) is 2. The minimum atomic E-state index is -0.776. The highest BCUT2D eigenvalue weighted by Crippen LogP contribution is 2.31. The van der Waals surface area contributed by atoms with Gasteiger partial charge in [-0.05, 0) is 12.8 Å². The van der Waals surface area contributed by atoms with Crippen LogP contribution in [0.1, 0.15) is 12.8 Å². The first-order chi connectivity index (χ1) is 4.79. The molecule has 2 rings (SSSR count). The lowest BCUT2D eigenvalue weighted by Crippen LogP contribution is -2.44. The molecule has 2 aliphatic rings. The summed E-state index contributed by atoms with van der Waals surface area (Å²) in [7, 11) is 0. The van der Waals surface area contributed by atoms with Crippen LogP contribution < -0.4 is 0 Å². The molecular formula is C7H9NO2. The summed E-state index contributed by atoms with van der Waals surface area (Å²) in [6, 6.07) is 0.520. The zero-order valence-electron chi connectivity index (χ0n) is 5.58. The number of carboxylic acids is 1. The fraction of sp³-hybridized carbons (Fsp3) is 0.571. The van der Waals surface area contributed by atoms with Gasteiger partial charge in [0.2, 0.25) is 0 Å². The Morgan fingerprint density at radius 2 is 2.60 bits per heavy atom. The number of nitrogens with zero attached hydrogens (tertiary/aromatic N) is 1. The van der Waals surface area contributed by atoms with Crippen LogP contribution in [0.25, 0.3) is 0 Å². The van der Waals surface area contributed by atoms with Gasteiger partial charge in [-0.1, -0.05) is 6.08 Å². The molecule has 0 radical (unpaired) electrons. The summed E-state index contributed by atoms with van der Waals surface area (Å²) >= 11 is 0. The lowest BCUT2D eigenvalue weighted by atomic mass is 10.0. The van der Waals surface area contributed by atoms with E-state index >= 15 is 0 Å². The van der Waals surface area contributed by atoms with E-state index in [0.29, 0.717) is 11.7 Å². The molecule has 10 heavy (non-hydrogen) atoms. The van der Waals surface area contributed by atoms with Gasteiger partial charge in [0.15, 0.2) is 0 Å². The van der Waals surface area contributed by atoms with Crippen LogP contribution in [0, 0.1) is 0 Å². The molecule has 0 spiro atoms. The maximum atomic E-state index is 10.5. The smallest absolute Gasteiger partial charge is 0.351 e. The van der Waals surface area contributed by atoms with Crippen LogP contribution in [0.15, 0.2) is 11.8 Å². The standard InChI is InChI=1S/C7H9NO2/c9-7(10)6-2-1-5-3-4-8(5)6/h2,5H,1,3-4H2,(H,9,10)/t5-/m0/s1. The molecular weight excluding hydrogens is 130 g/mol. The molecule has 3 nitrogen and oxygen atoms in total. The Morgan fingerprint density at radius 3 is 2.90 bits per heavy atom. The molecule has 0 aromatic rings. The van der Waals surface area contributed by atoms with Crippen molar-refractivity contribution < 1.29 is 9.90 Å². The number of fused-ring (bicyclic) bond motifs is 1. The highest BCUT2D eigenvalue weighted by atomic mass is 16.4. The molecule has 0 aliphatic carbocycles. The average Bonchev–Trinajstić information content (AvgIpc) is 2.07. The van der Waals surface area contributed by atoms with E-state index in [2.05, 4.69) is 0 Å². The summed E-state index contributed by atoms with van der Waals surface area (Å²) in [5, 5.41) is 8.63. The van der Waals surface area contributed by atoms with Gasteiger partial charge in [0, 0.05) is 12.6 Å². The van der Waals surface area contributed by atoms with Crippen LogP contribution >= 0.6 is 0 Å². The Labute approximate surface area is 58.9 Å². The summed E-state index contributed by atoms with van der Waals surface area (Å²) in [6.45, 7) is 0.933. The van der Waals surface area contributed by atoms with Gasteiger partial charge in [-0.3, -0.25) is 0 Å². The molecule has 0 aromatic carbocycles. The summed E-state index contributed by atoms with van der Waals surface area (Å²) < 4.78 is 0. The third kappa shape index (κ3) is 0.574. The first-order valence-corrected chi connectivity index (χ1v) is 3.49. The van der Waals surface area contributed by atoms with Crippen molar-refractivity contribution in [1.82, 2.24) is 4.90 Å². The van der Waals surface area contributed by atoms with Crippen LogP contribution in [0.2, 0.25) is 0 Å². The Morgan fingerprint density at radius 1 is 1.80 bits per heavy atom. The fourth-order valence-electron chi connectivity index (χ4n) is 1.58. The minimum Gasteiger partial charge on any atom is -0.477 e. The molecule has 0 aromatic heterocycles. The Kier molecular flexibility index (Phi) is 1.01. The Balaban J connectivity index is 2.16. The highest BCUT2D eigenvalue weighted by molar-refractivity contribution is 5.86. The molecule has 54 valence electrons. The Bertz CT molecular complexity index is 210. The van der Waals surface area contributed by atoms with Gasteiger partial charge in [0.25, 0.3) is 0 Å². The molecule has 1 N–H and O–H groups in total. The Hall–Kier alpha value is -0.990. The predicted octanol–water partition coefficient (Wildman–Crippen LogP) is 0.433. The van der Waals surface area contributed by atoms with Gasteiger partial charge < -0.3 is 10.0 Å². The zero-order chi connectivity index (χ0) is 7.14. The number of rotatable bonds is 1. The van der Waals surface area contributed by atoms with E-state index in [1.165, 1.54) is 0 Å². The maximum absolute atomic E-state index is 10.5. The highest BCUT2D eigenvalue weighted by Gasteiger charge is 2.36. The second-order valence-electron chi connectivity index (χ2n) is 2.77. The van der Waals surface area contributed by atoms with Crippen molar-refractivity contribution in [2.45, 2.75) is 18.9 Å². The molecule has 0 amide bonds. The van der Waals surface area contributed by atoms with Crippen LogP contribution in [-0.2, 0) is 4.79 Å². The third-order valence-electron chi connectivity index (χ3n) is 2.26. The van der Waals surface area contributed by atoms with E-state index in [4.69, 9.17) is 5.11 Å². The second-order valence-corrected chi connectivity index (χ2v) is 2.77. The van der Waals surface area contributed by atoms with Crippen molar-refractivity contribution in [3.05, 3.63) is 11.8 Å². The number of hydrogen-bond donors (Lipinski definition) is 1. The second kappa shape index (κ2) is 1.75.